The number of amides is 1. The first-order chi connectivity index (χ1) is 9.11. The molecule has 1 saturated carbocycles. The van der Waals surface area contributed by atoms with Crippen LogP contribution < -0.4 is 10.1 Å². The molecular weight excluding hydrogens is 246 g/mol. The van der Waals surface area contributed by atoms with E-state index in [2.05, 4.69) is 5.32 Å². The van der Waals surface area contributed by atoms with Crippen molar-refractivity contribution in [3.05, 3.63) is 29.8 Å². The molecule has 0 saturated heterocycles. The maximum atomic E-state index is 11.6. The minimum absolute atomic E-state index is 0.157. The number of hydrogen-bond donors (Lipinski definition) is 2. The molecule has 1 aliphatic rings. The molecule has 0 heterocycles. The van der Waals surface area contributed by atoms with Crippen molar-refractivity contribution in [2.24, 2.45) is 11.8 Å². The molecule has 0 bridgehead atoms. The molecule has 5 heteroatoms. The van der Waals surface area contributed by atoms with Crippen molar-refractivity contribution in [1.29, 1.82) is 0 Å². The van der Waals surface area contributed by atoms with Crippen LogP contribution in [0.15, 0.2) is 24.3 Å². The number of nitrogens with one attached hydrogen (secondary N) is 1. The quantitative estimate of drug-likeness (QED) is 0.805. The molecule has 1 fully saturated rings. The Bertz CT molecular complexity index is 486. The zero-order valence-electron chi connectivity index (χ0n) is 10.8. The number of carbonyl (C=O) groups excluding carboxylic acids is 1. The molecule has 1 amide bonds. The number of methoxy groups -OCH3 is 1. The molecule has 19 heavy (non-hydrogen) atoms. The van der Waals surface area contributed by atoms with Crippen LogP contribution in [-0.2, 0) is 16.0 Å². The minimum atomic E-state index is -0.882. The second-order valence-electron chi connectivity index (χ2n) is 4.68. The Morgan fingerprint density at radius 1 is 1.42 bits per heavy atom. The van der Waals surface area contributed by atoms with E-state index < -0.39 is 11.9 Å². The van der Waals surface area contributed by atoms with Gasteiger partial charge >= 0.3 is 5.97 Å². The van der Waals surface area contributed by atoms with E-state index in [9.17, 15) is 9.59 Å². The lowest BCUT2D eigenvalue weighted by Gasteiger charge is -2.06. The number of benzene rings is 1. The van der Waals surface area contributed by atoms with Crippen molar-refractivity contribution in [3.63, 3.8) is 0 Å². The summed E-state index contributed by atoms with van der Waals surface area (Å²) in [6, 6.07) is 7.65. The lowest BCUT2D eigenvalue weighted by molar-refractivity contribution is -0.140. The monoisotopic (exact) mass is 263 g/mol. The molecule has 0 unspecified atom stereocenters. The molecule has 2 N–H and O–H groups in total. The van der Waals surface area contributed by atoms with E-state index in [1.54, 1.807) is 7.11 Å². The van der Waals surface area contributed by atoms with Crippen molar-refractivity contribution >= 4 is 11.9 Å². The van der Waals surface area contributed by atoms with Gasteiger partial charge in [0.2, 0.25) is 5.91 Å². The van der Waals surface area contributed by atoms with Crippen molar-refractivity contribution < 1.29 is 19.4 Å². The Morgan fingerprint density at radius 2 is 2.21 bits per heavy atom. The molecule has 1 aromatic carbocycles. The predicted octanol–water partition coefficient (Wildman–Crippen LogP) is 1.07. The summed E-state index contributed by atoms with van der Waals surface area (Å²) in [6.45, 7) is 0.509. The Morgan fingerprint density at radius 3 is 2.84 bits per heavy atom. The summed E-state index contributed by atoms with van der Waals surface area (Å²) < 4.78 is 5.12. The van der Waals surface area contributed by atoms with Gasteiger partial charge in [-0.1, -0.05) is 12.1 Å². The van der Waals surface area contributed by atoms with Gasteiger partial charge in [-0.2, -0.15) is 0 Å². The van der Waals surface area contributed by atoms with Gasteiger partial charge in [-0.15, -0.1) is 0 Å². The molecule has 0 spiro atoms. The smallest absolute Gasteiger partial charge is 0.307 e. The second kappa shape index (κ2) is 5.73. The third-order valence-electron chi connectivity index (χ3n) is 3.29. The lowest BCUT2D eigenvalue weighted by atomic mass is 10.1. The van der Waals surface area contributed by atoms with Crippen LogP contribution in [0.25, 0.3) is 0 Å². The van der Waals surface area contributed by atoms with Gasteiger partial charge in [-0.3, -0.25) is 9.59 Å². The first kappa shape index (κ1) is 13.4. The fourth-order valence-corrected chi connectivity index (χ4v) is 2.05. The van der Waals surface area contributed by atoms with E-state index in [0.717, 1.165) is 11.3 Å². The molecule has 1 aliphatic carbocycles. The third kappa shape index (κ3) is 3.47. The fourth-order valence-electron chi connectivity index (χ4n) is 2.05. The highest BCUT2D eigenvalue weighted by molar-refractivity contribution is 5.89. The summed E-state index contributed by atoms with van der Waals surface area (Å²) in [5.74, 6) is -1.08. The van der Waals surface area contributed by atoms with Gasteiger partial charge in [-0.05, 0) is 30.5 Å². The summed E-state index contributed by atoms with van der Waals surface area (Å²) in [6.07, 6.45) is 1.16. The number of carboxylic acid groups (broad SMARTS) is 1. The van der Waals surface area contributed by atoms with E-state index >= 15 is 0 Å². The normalized spacial score (nSPS) is 20.7. The van der Waals surface area contributed by atoms with E-state index in [1.165, 1.54) is 0 Å². The molecule has 0 aromatic heterocycles. The van der Waals surface area contributed by atoms with Gasteiger partial charge in [0.25, 0.3) is 0 Å². The fraction of sp³-hybridized carbons (Fsp3) is 0.429. The van der Waals surface area contributed by atoms with Gasteiger partial charge in [0.15, 0.2) is 0 Å². The second-order valence-corrected chi connectivity index (χ2v) is 4.68. The lowest BCUT2D eigenvalue weighted by Crippen LogP contribution is -2.28. The molecule has 0 aliphatic heterocycles. The average molecular weight is 263 g/mol. The van der Waals surface area contributed by atoms with Crippen LogP contribution in [0.4, 0.5) is 0 Å². The Kier molecular flexibility index (Phi) is 4.04. The molecule has 5 nitrogen and oxygen atoms in total. The van der Waals surface area contributed by atoms with Gasteiger partial charge < -0.3 is 15.2 Å². The van der Waals surface area contributed by atoms with Crippen LogP contribution >= 0.6 is 0 Å². The van der Waals surface area contributed by atoms with Crippen LogP contribution in [0.5, 0.6) is 5.75 Å². The van der Waals surface area contributed by atoms with Crippen molar-refractivity contribution in [1.82, 2.24) is 5.32 Å². The Hall–Kier alpha value is -2.04. The number of aliphatic carboxylic acids is 1. The Balaban J connectivity index is 1.74. The minimum Gasteiger partial charge on any atom is -0.497 e. The summed E-state index contributed by atoms with van der Waals surface area (Å²) in [5, 5.41) is 11.5. The Labute approximate surface area is 111 Å². The van der Waals surface area contributed by atoms with Gasteiger partial charge in [0, 0.05) is 6.54 Å². The van der Waals surface area contributed by atoms with Gasteiger partial charge in [-0.25, -0.2) is 0 Å². The largest absolute Gasteiger partial charge is 0.497 e. The van der Waals surface area contributed by atoms with Crippen LogP contribution in [0.3, 0.4) is 0 Å². The van der Waals surface area contributed by atoms with Crippen LogP contribution in [0, 0.1) is 11.8 Å². The van der Waals surface area contributed by atoms with E-state index in [1.807, 2.05) is 24.3 Å². The highest BCUT2D eigenvalue weighted by Crippen LogP contribution is 2.38. The molecular formula is C14H17NO4. The summed E-state index contributed by atoms with van der Waals surface area (Å²) >= 11 is 0. The number of hydrogen-bond acceptors (Lipinski definition) is 3. The molecule has 2 atom stereocenters. The SMILES string of the molecule is COc1cccc(CCNC(=O)[C@H]2C[C@H]2C(=O)O)c1. The maximum Gasteiger partial charge on any atom is 0.307 e. The van der Waals surface area contributed by atoms with Crippen LogP contribution in [0.2, 0.25) is 0 Å². The molecule has 2 rings (SSSR count). The third-order valence-corrected chi connectivity index (χ3v) is 3.29. The summed E-state index contributed by atoms with van der Waals surface area (Å²) in [7, 11) is 1.61. The number of ether oxygens (including phenoxy) is 1. The number of rotatable bonds is 6. The molecule has 0 radical (unpaired) electrons. The van der Waals surface area contributed by atoms with Crippen molar-refractivity contribution in [2.75, 3.05) is 13.7 Å². The molecule has 102 valence electrons. The number of carboxylic acids is 1. The van der Waals surface area contributed by atoms with Crippen molar-refractivity contribution in [2.45, 2.75) is 12.8 Å². The first-order valence-electron chi connectivity index (χ1n) is 6.25. The number of carbonyl (C=O) groups is 2. The standard InChI is InChI=1S/C14H17NO4/c1-19-10-4-2-3-9(7-10)5-6-15-13(16)11-8-12(11)14(17)18/h2-4,7,11-12H,5-6,8H2,1H3,(H,15,16)(H,17,18)/t11-,12+/m0/s1. The van der Waals surface area contributed by atoms with E-state index in [4.69, 9.17) is 9.84 Å². The van der Waals surface area contributed by atoms with E-state index in [-0.39, 0.29) is 11.8 Å². The van der Waals surface area contributed by atoms with Gasteiger partial charge in [0.05, 0.1) is 18.9 Å². The zero-order valence-corrected chi connectivity index (χ0v) is 10.8. The van der Waals surface area contributed by atoms with Crippen LogP contribution in [-0.4, -0.2) is 30.6 Å². The average Bonchev–Trinajstić information content (AvgIpc) is 3.19. The van der Waals surface area contributed by atoms with Crippen molar-refractivity contribution in [3.8, 4) is 5.75 Å². The van der Waals surface area contributed by atoms with Gasteiger partial charge in [0.1, 0.15) is 5.75 Å². The maximum absolute atomic E-state index is 11.6. The first-order valence-corrected chi connectivity index (χ1v) is 6.25. The molecule has 1 aromatic rings. The summed E-state index contributed by atoms with van der Waals surface area (Å²) in [5.41, 5.74) is 1.07. The van der Waals surface area contributed by atoms with E-state index in [0.29, 0.717) is 19.4 Å². The highest BCUT2D eigenvalue weighted by atomic mass is 16.5. The zero-order chi connectivity index (χ0) is 13.8. The highest BCUT2D eigenvalue weighted by Gasteiger charge is 2.48. The van der Waals surface area contributed by atoms with Crippen LogP contribution in [0.1, 0.15) is 12.0 Å². The topological polar surface area (TPSA) is 75.6 Å². The summed E-state index contributed by atoms with van der Waals surface area (Å²) in [4.78, 5) is 22.3. The predicted molar refractivity (Wildman–Crippen MR) is 68.9 cm³/mol.